The normalized spacial score (nSPS) is 32.0. The Bertz CT molecular complexity index is 397. The zero-order valence-corrected chi connectivity index (χ0v) is 13.9. The number of nitrogens with two attached hydrogens (primary N) is 1. The van der Waals surface area contributed by atoms with Gasteiger partial charge in [0, 0.05) is 23.9 Å². The molecule has 5 nitrogen and oxygen atoms in total. The maximum absolute atomic E-state index is 12.5. The van der Waals surface area contributed by atoms with Crippen molar-refractivity contribution in [3.05, 3.63) is 0 Å². The van der Waals surface area contributed by atoms with E-state index in [1.807, 2.05) is 13.8 Å². The molecular weight excluding hydrogens is 278 g/mol. The maximum Gasteiger partial charge on any atom is 0.223 e. The van der Waals surface area contributed by atoms with Crippen molar-refractivity contribution >= 4 is 11.8 Å². The van der Waals surface area contributed by atoms with Crippen LogP contribution in [0.5, 0.6) is 0 Å². The Morgan fingerprint density at radius 3 is 2.50 bits per heavy atom. The van der Waals surface area contributed by atoms with Gasteiger partial charge in [0.25, 0.3) is 0 Å². The number of hydrogen-bond acceptors (Lipinski definition) is 3. The van der Waals surface area contributed by atoms with Crippen molar-refractivity contribution in [2.24, 2.45) is 23.5 Å². The molecule has 2 rings (SSSR count). The van der Waals surface area contributed by atoms with Crippen molar-refractivity contribution in [3.8, 4) is 0 Å². The number of rotatable bonds is 5. The number of carbonyl (C=O) groups excluding carboxylic acids is 2. The zero-order chi connectivity index (χ0) is 16.1. The van der Waals surface area contributed by atoms with Gasteiger partial charge < -0.3 is 16.4 Å². The fourth-order valence-electron chi connectivity index (χ4n) is 3.93. The van der Waals surface area contributed by atoms with Gasteiger partial charge in [0.2, 0.25) is 11.8 Å². The van der Waals surface area contributed by atoms with Gasteiger partial charge in [-0.05, 0) is 58.4 Å². The van der Waals surface area contributed by atoms with E-state index in [0.717, 1.165) is 44.9 Å². The Kier molecular flexibility index (Phi) is 6.24. The summed E-state index contributed by atoms with van der Waals surface area (Å²) in [7, 11) is 0. The van der Waals surface area contributed by atoms with Crippen molar-refractivity contribution < 1.29 is 9.59 Å². The predicted molar refractivity (Wildman–Crippen MR) is 87.1 cm³/mol. The molecule has 2 amide bonds. The minimum atomic E-state index is 0.0373. The van der Waals surface area contributed by atoms with Crippen molar-refractivity contribution in [3.63, 3.8) is 0 Å². The van der Waals surface area contributed by atoms with Crippen LogP contribution in [0.4, 0.5) is 0 Å². The van der Waals surface area contributed by atoms with E-state index in [4.69, 9.17) is 5.73 Å². The molecule has 0 saturated heterocycles. The van der Waals surface area contributed by atoms with Gasteiger partial charge in [0.05, 0.1) is 0 Å². The number of nitrogens with one attached hydrogen (secondary N) is 2. The predicted octanol–water partition coefficient (Wildman–Crippen LogP) is 1.56. The Labute approximate surface area is 133 Å². The van der Waals surface area contributed by atoms with Gasteiger partial charge >= 0.3 is 0 Å². The molecule has 0 spiro atoms. The van der Waals surface area contributed by atoms with Crippen LogP contribution in [0.2, 0.25) is 0 Å². The fraction of sp³-hybridized carbons (Fsp3) is 0.882. The van der Waals surface area contributed by atoms with Crippen LogP contribution in [0, 0.1) is 17.8 Å². The summed E-state index contributed by atoms with van der Waals surface area (Å²) in [4.78, 5) is 24.6. The van der Waals surface area contributed by atoms with E-state index in [-0.39, 0.29) is 35.7 Å². The van der Waals surface area contributed by atoms with Gasteiger partial charge in [-0.15, -0.1) is 0 Å². The summed E-state index contributed by atoms with van der Waals surface area (Å²) >= 11 is 0. The summed E-state index contributed by atoms with van der Waals surface area (Å²) in [5.74, 6) is 0.742. The first-order valence-electron chi connectivity index (χ1n) is 8.82. The molecule has 2 saturated carbocycles. The van der Waals surface area contributed by atoms with Crippen molar-refractivity contribution in [2.45, 2.75) is 70.9 Å². The first kappa shape index (κ1) is 17.3. The maximum atomic E-state index is 12.5. The summed E-state index contributed by atoms with van der Waals surface area (Å²) in [6.07, 6.45) is 6.81. The van der Waals surface area contributed by atoms with E-state index in [9.17, 15) is 9.59 Å². The van der Waals surface area contributed by atoms with Crippen LogP contribution in [0.1, 0.15) is 58.8 Å². The molecule has 0 heterocycles. The largest absolute Gasteiger partial charge is 0.354 e. The molecule has 2 fully saturated rings. The topological polar surface area (TPSA) is 84.2 Å². The lowest BCUT2D eigenvalue weighted by atomic mass is 9.84. The highest BCUT2D eigenvalue weighted by Gasteiger charge is 2.34. The Balaban J connectivity index is 1.84. The van der Waals surface area contributed by atoms with E-state index < -0.39 is 0 Å². The van der Waals surface area contributed by atoms with Crippen LogP contribution in [0.3, 0.4) is 0 Å². The van der Waals surface area contributed by atoms with Crippen LogP contribution in [-0.2, 0) is 9.59 Å². The Hall–Kier alpha value is -1.10. The Morgan fingerprint density at radius 1 is 1.09 bits per heavy atom. The monoisotopic (exact) mass is 309 g/mol. The van der Waals surface area contributed by atoms with E-state index >= 15 is 0 Å². The van der Waals surface area contributed by atoms with E-state index in [1.165, 1.54) is 0 Å². The van der Waals surface area contributed by atoms with Crippen LogP contribution >= 0.6 is 0 Å². The quantitative estimate of drug-likeness (QED) is 0.720. The van der Waals surface area contributed by atoms with Crippen molar-refractivity contribution in [1.29, 1.82) is 0 Å². The summed E-state index contributed by atoms with van der Waals surface area (Å²) in [5, 5.41) is 6.18. The van der Waals surface area contributed by atoms with E-state index in [1.54, 1.807) is 0 Å². The summed E-state index contributed by atoms with van der Waals surface area (Å²) < 4.78 is 0. The molecule has 4 N–H and O–H groups in total. The first-order valence-corrected chi connectivity index (χ1v) is 8.82. The SMILES string of the molecule is CC(C)NC(=O)C1CCCC(NC(=O)[C@@H]2CCC[C@@H]2CN)C1. The molecule has 5 heteroatoms. The van der Waals surface area contributed by atoms with Gasteiger partial charge in [-0.25, -0.2) is 0 Å². The lowest BCUT2D eigenvalue weighted by molar-refractivity contribution is -0.130. The standard InChI is InChI=1S/C17H31N3O2/c1-11(2)19-16(21)12-5-3-7-14(9-12)20-17(22)15-8-4-6-13(15)10-18/h11-15H,3-10,18H2,1-2H3,(H,19,21)(H,20,22)/t12?,13-,14?,15-/m1/s1. The van der Waals surface area contributed by atoms with Crippen LogP contribution in [-0.4, -0.2) is 30.4 Å². The van der Waals surface area contributed by atoms with Gasteiger partial charge in [-0.1, -0.05) is 12.8 Å². The third-order valence-electron chi connectivity index (χ3n) is 5.12. The molecule has 2 aliphatic rings. The smallest absolute Gasteiger partial charge is 0.223 e. The molecule has 0 aromatic heterocycles. The van der Waals surface area contributed by atoms with Crippen LogP contribution < -0.4 is 16.4 Å². The second-order valence-corrected chi connectivity index (χ2v) is 7.27. The molecule has 2 unspecified atom stereocenters. The second-order valence-electron chi connectivity index (χ2n) is 7.27. The molecule has 22 heavy (non-hydrogen) atoms. The molecule has 0 bridgehead atoms. The molecule has 0 aliphatic heterocycles. The lowest BCUT2D eigenvalue weighted by Gasteiger charge is -2.31. The third kappa shape index (κ3) is 4.45. The molecule has 126 valence electrons. The first-order chi connectivity index (χ1) is 10.5. The highest BCUT2D eigenvalue weighted by molar-refractivity contribution is 5.81. The van der Waals surface area contributed by atoms with E-state index in [2.05, 4.69) is 10.6 Å². The highest BCUT2D eigenvalue weighted by atomic mass is 16.2. The summed E-state index contributed by atoms with van der Waals surface area (Å²) in [6, 6.07) is 0.314. The van der Waals surface area contributed by atoms with Crippen molar-refractivity contribution in [1.82, 2.24) is 10.6 Å². The number of amides is 2. The van der Waals surface area contributed by atoms with Crippen LogP contribution in [0.25, 0.3) is 0 Å². The van der Waals surface area contributed by atoms with Gasteiger partial charge in [0.15, 0.2) is 0 Å². The number of hydrogen-bond donors (Lipinski definition) is 3. The fourth-order valence-corrected chi connectivity index (χ4v) is 3.93. The molecule has 0 aromatic carbocycles. The third-order valence-corrected chi connectivity index (χ3v) is 5.12. The summed E-state index contributed by atoms with van der Waals surface area (Å²) in [6.45, 7) is 4.56. The molecule has 0 radical (unpaired) electrons. The van der Waals surface area contributed by atoms with Gasteiger partial charge in [-0.3, -0.25) is 9.59 Å². The summed E-state index contributed by atoms with van der Waals surface area (Å²) in [5.41, 5.74) is 5.77. The highest BCUT2D eigenvalue weighted by Crippen LogP contribution is 2.32. The van der Waals surface area contributed by atoms with Gasteiger partial charge in [0.1, 0.15) is 0 Å². The minimum Gasteiger partial charge on any atom is -0.354 e. The second kappa shape index (κ2) is 7.95. The average Bonchev–Trinajstić information content (AvgIpc) is 2.95. The average molecular weight is 309 g/mol. The molecule has 2 aliphatic carbocycles. The lowest BCUT2D eigenvalue weighted by Crippen LogP contribution is -2.46. The molecule has 0 aromatic rings. The van der Waals surface area contributed by atoms with Crippen LogP contribution in [0.15, 0.2) is 0 Å². The molecule has 4 atom stereocenters. The Morgan fingerprint density at radius 2 is 1.82 bits per heavy atom. The van der Waals surface area contributed by atoms with Gasteiger partial charge in [-0.2, -0.15) is 0 Å². The number of carbonyl (C=O) groups is 2. The van der Waals surface area contributed by atoms with E-state index in [0.29, 0.717) is 12.5 Å². The van der Waals surface area contributed by atoms with Crippen molar-refractivity contribution in [2.75, 3.05) is 6.54 Å². The zero-order valence-electron chi connectivity index (χ0n) is 13.9. The molecular formula is C17H31N3O2. The minimum absolute atomic E-state index is 0.0373.